The lowest BCUT2D eigenvalue weighted by Crippen LogP contribution is -2.40. The number of aryl methyl sites for hydroxylation is 1. The van der Waals surface area contributed by atoms with E-state index in [4.69, 9.17) is 0 Å². The highest BCUT2D eigenvalue weighted by atomic mass is 35.5. The minimum atomic E-state index is 0. The zero-order valence-corrected chi connectivity index (χ0v) is 17.3. The van der Waals surface area contributed by atoms with Gasteiger partial charge in [-0.15, -0.1) is 36.2 Å². The monoisotopic (exact) mass is 404 g/mol. The van der Waals surface area contributed by atoms with Crippen molar-refractivity contribution in [3.8, 4) is 5.13 Å². The molecule has 25 heavy (non-hydrogen) atoms. The maximum Gasteiger partial charge on any atom is 0.255 e. The van der Waals surface area contributed by atoms with Crippen molar-refractivity contribution in [3.05, 3.63) is 34.6 Å². The summed E-state index contributed by atoms with van der Waals surface area (Å²) in [5.74, 6) is 0.843. The van der Waals surface area contributed by atoms with Gasteiger partial charge < -0.3 is 10.2 Å². The number of nitrogens with one attached hydrogen (secondary N) is 1. The number of hydrogen-bond donors (Lipinski definition) is 1. The van der Waals surface area contributed by atoms with Crippen LogP contribution in [-0.2, 0) is 0 Å². The Kier molecular flexibility index (Phi) is 8.41. The zero-order valence-electron chi connectivity index (χ0n) is 14.8. The van der Waals surface area contributed by atoms with Crippen molar-refractivity contribution < 1.29 is 4.79 Å². The van der Waals surface area contributed by atoms with Gasteiger partial charge >= 0.3 is 0 Å². The smallest absolute Gasteiger partial charge is 0.255 e. The number of amides is 1. The van der Waals surface area contributed by atoms with Crippen molar-refractivity contribution in [2.75, 3.05) is 26.7 Å². The summed E-state index contributed by atoms with van der Waals surface area (Å²) in [5.41, 5.74) is 2.86. The van der Waals surface area contributed by atoms with E-state index in [1.807, 2.05) is 37.2 Å². The molecule has 0 bridgehead atoms. The average Bonchev–Trinajstić information content (AvgIpc) is 3.16. The lowest BCUT2D eigenvalue weighted by atomic mass is 9.96. The van der Waals surface area contributed by atoms with Gasteiger partial charge in [0, 0.05) is 36.1 Å². The Morgan fingerprint density at radius 1 is 1.32 bits per heavy atom. The Labute approximate surface area is 165 Å². The Morgan fingerprint density at radius 3 is 2.56 bits per heavy atom. The van der Waals surface area contributed by atoms with Crippen LogP contribution in [-0.4, -0.2) is 47.0 Å². The maximum absolute atomic E-state index is 12.9. The van der Waals surface area contributed by atoms with E-state index >= 15 is 0 Å². The Morgan fingerprint density at radius 2 is 2.00 bits per heavy atom. The van der Waals surface area contributed by atoms with Crippen LogP contribution < -0.4 is 5.32 Å². The SMILES string of the molecule is CNCC1CCN(C(=O)c2cc(C)n(-c3nccs3)c2C)CC1.Cl.Cl. The molecule has 1 fully saturated rings. The van der Waals surface area contributed by atoms with Gasteiger partial charge in [-0.1, -0.05) is 0 Å². The number of nitrogens with zero attached hydrogens (tertiary/aromatic N) is 3. The van der Waals surface area contributed by atoms with Crippen LogP contribution in [0.1, 0.15) is 34.6 Å². The van der Waals surface area contributed by atoms with Gasteiger partial charge in [-0.3, -0.25) is 9.36 Å². The molecule has 1 amide bonds. The van der Waals surface area contributed by atoms with Gasteiger partial charge in [0.25, 0.3) is 5.91 Å². The third-order valence-electron chi connectivity index (χ3n) is 4.67. The van der Waals surface area contributed by atoms with E-state index in [2.05, 4.69) is 14.9 Å². The van der Waals surface area contributed by atoms with Gasteiger partial charge in [0.1, 0.15) is 0 Å². The van der Waals surface area contributed by atoms with Crippen LogP contribution in [0, 0.1) is 19.8 Å². The van der Waals surface area contributed by atoms with Crippen LogP contribution in [0.15, 0.2) is 17.6 Å². The normalized spacial score (nSPS) is 14.8. The summed E-state index contributed by atoms with van der Waals surface area (Å²) >= 11 is 1.59. The maximum atomic E-state index is 12.9. The van der Waals surface area contributed by atoms with Crippen molar-refractivity contribution in [1.82, 2.24) is 19.8 Å². The molecule has 0 aromatic carbocycles. The molecule has 140 valence electrons. The molecule has 0 atom stereocenters. The van der Waals surface area contributed by atoms with E-state index in [9.17, 15) is 4.79 Å². The largest absolute Gasteiger partial charge is 0.339 e. The van der Waals surface area contributed by atoms with Crippen LogP contribution in [0.25, 0.3) is 5.13 Å². The molecule has 3 heterocycles. The molecule has 1 aliphatic rings. The van der Waals surface area contributed by atoms with Crippen molar-refractivity contribution in [2.45, 2.75) is 26.7 Å². The molecule has 0 unspecified atom stereocenters. The highest BCUT2D eigenvalue weighted by Crippen LogP contribution is 2.25. The van der Waals surface area contributed by atoms with Gasteiger partial charge in [-0.2, -0.15) is 0 Å². The standard InChI is InChI=1S/C17H24N4OS.2ClH/c1-12-10-15(13(2)21(12)17-19-6-9-23-17)16(22)20-7-4-14(5-8-20)11-18-3;;/h6,9-10,14,18H,4-5,7-8,11H2,1-3H3;2*1H. The van der Waals surface area contributed by atoms with Crippen LogP contribution in [0.4, 0.5) is 0 Å². The van der Waals surface area contributed by atoms with Crippen LogP contribution in [0.3, 0.4) is 0 Å². The molecule has 0 aliphatic carbocycles. The minimum absolute atomic E-state index is 0. The number of carbonyl (C=O) groups excluding carboxylic acids is 1. The molecule has 3 rings (SSSR count). The zero-order chi connectivity index (χ0) is 16.4. The number of likely N-dealkylation sites (tertiary alicyclic amines) is 1. The molecule has 8 heteroatoms. The Hall–Kier alpha value is -1.08. The topological polar surface area (TPSA) is 50.2 Å². The number of halogens is 2. The molecular weight excluding hydrogens is 379 g/mol. The van der Waals surface area contributed by atoms with Gasteiger partial charge in [0.15, 0.2) is 5.13 Å². The van der Waals surface area contributed by atoms with E-state index < -0.39 is 0 Å². The molecule has 1 aliphatic heterocycles. The number of rotatable bonds is 4. The van der Waals surface area contributed by atoms with Crippen molar-refractivity contribution in [2.24, 2.45) is 5.92 Å². The van der Waals surface area contributed by atoms with Crippen molar-refractivity contribution in [1.29, 1.82) is 0 Å². The minimum Gasteiger partial charge on any atom is -0.339 e. The first-order valence-electron chi connectivity index (χ1n) is 8.14. The fraction of sp³-hybridized carbons (Fsp3) is 0.529. The average molecular weight is 405 g/mol. The number of thiazole rings is 1. The molecule has 0 spiro atoms. The summed E-state index contributed by atoms with van der Waals surface area (Å²) in [6.45, 7) is 6.79. The first-order chi connectivity index (χ1) is 11.1. The molecular formula is C17H26Cl2N4OS. The number of piperidine rings is 1. The lowest BCUT2D eigenvalue weighted by molar-refractivity contribution is 0.0690. The second kappa shape index (κ2) is 9.57. The summed E-state index contributed by atoms with van der Waals surface area (Å²) in [5, 5.41) is 6.12. The van der Waals surface area contributed by atoms with Crippen molar-refractivity contribution >= 4 is 42.1 Å². The summed E-state index contributed by atoms with van der Waals surface area (Å²) in [6, 6.07) is 2.00. The highest BCUT2D eigenvalue weighted by molar-refractivity contribution is 7.12. The fourth-order valence-electron chi connectivity index (χ4n) is 3.40. The van der Waals surface area contributed by atoms with Crippen molar-refractivity contribution in [3.63, 3.8) is 0 Å². The molecule has 1 saturated heterocycles. The number of aromatic nitrogens is 2. The van der Waals surface area contributed by atoms with E-state index in [0.29, 0.717) is 5.92 Å². The quantitative estimate of drug-likeness (QED) is 0.848. The summed E-state index contributed by atoms with van der Waals surface area (Å²) in [4.78, 5) is 19.3. The van der Waals surface area contributed by atoms with Crippen LogP contribution in [0.5, 0.6) is 0 Å². The van der Waals surface area contributed by atoms with Crippen LogP contribution in [0.2, 0.25) is 0 Å². The van der Waals surface area contributed by atoms with Gasteiger partial charge in [-0.05, 0) is 52.3 Å². The highest BCUT2D eigenvalue weighted by Gasteiger charge is 2.26. The second-order valence-corrected chi connectivity index (χ2v) is 7.10. The van der Waals surface area contributed by atoms with E-state index in [1.165, 1.54) is 0 Å². The summed E-state index contributed by atoms with van der Waals surface area (Å²) in [7, 11) is 1.99. The summed E-state index contributed by atoms with van der Waals surface area (Å²) < 4.78 is 2.08. The molecule has 5 nitrogen and oxygen atoms in total. The van der Waals surface area contributed by atoms with Gasteiger partial charge in [-0.25, -0.2) is 4.98 Å². The fourth-order valence-corrected chi connectivity index (χ4v) is 4.15. The third-order valence-corrected chi connectivity index (χ3v) is 5.42. The van der Waals surface area contributed by atoms with Gasteiger partial charge in [0.2, 0.25) is 0 Å². The van der Waals surface area contributed by atoms with E-state index in [1.54, 1.807) is 17.5 Å². The number of hydrogen-bond acceptors (Lipinski definition) is 4. The molecule has 1 N–H and O–H groups in total. The Balaban J connectivity index is 0.00000156. The first kappa shape index (κ1) is 22.0. The van der Waals surface area contributed by atoms with Crippen LogP contribution >= 0.6 is 36.2 Å². The third kappa shape index (κ3) is 4.56. The predicted octanol–water partition coefficient (Wildman–Crippen LogP) is 3.47. The van der Waals surface area contributed by atoms with E-state index in [-0.39, 0.29) is 30.7 Å². The Bertz CT molecular complexity index is 679. The predicted molar refractivity (Wildman–Crippen MR) is 108 cm³/mol. The van der Waals surface area contributed by atoms with Gasteiger partial charge in [0.05, 0.1) is 5.56 Å². The molecule has 0 saturated carbocycles. The summed E-state index contributed by atoms with van der Waals surface area (Å²) in [6.07, 6.45) is 3.96. The molecule has 2 aromatic heterocycles. The molecule has 2 aromatic rings. The number of carbonyl (C=O) groups is 1. The lowest BCUT2D eigenvalue weighted by Gasteiger charge is -2.32. The first-order valence-corrected chi connectivity index (χ1v) is 9.02. The van der Waals surface area contributed by atoms with E-state index in [0.717, 1.165) is 54.6 Å². The molecule has 0 radical (unpaired) electrons. The second-order valence-electron chi connectivity index (χ2n) is 6.23.